The van der Waals surface area contributed by atoms with Gasteiger partial charge in [-0.2, -0.15) is 0 Å². The SMILES string of the molecule is COC(=O)c1ccc(/C=C/C(=O)N(C)Cc2ccc(F)cc2)cc1. The molecule has 2 aromatic carbocycles. The number of halogens is 1. The number of hydrogen-bond donors (Lipinski definition) is 0. The normalized spacial score (nSPS) is 10.6. The summed E-state index contributed by atoms with van der Waals surface area (Å²) in [7, 11) is 3.00. The van der Waals surface area contributed by atoms with Crippen molar-refractivity contribution in [2.24, 2.45) is 0 Å². The van der Waals surface area contributed by atoms with Gasteiger partial charge >= 0.3 is 5.97 Å². The monoisotopic (exact) mass is 327 g/mol. The van der Waals surface area contributed by atoms with E-state index in [1.54, 1.807) is 49.5 Å². The zero-order chi connectivity index (χ0) is 17.5. The summed E-state index contributed by atoms with van der Waals surface area (Å²) in [6.07, 6.45) is 3.13. The van der Waals surface area contributed by atoms with Crippen LogP contribution in [0.25, 0.3) is 6.08 Å². The number of amides is 1. The highest BCUT2D eigenvalue weighted by molar-refractivity contribution is 5.92. The molecule has 0 fully saturated rings. The van der Waals surface area contributed by atoms with Gasteiger partial charge in [-0.05, 0) is 41.5 Å². The standard InChI is InChI=1S/C19H18FNO3/c1-21(13-15-5-10-17(20)11-6-15)18(22)12-7-14-3-8-16(9-4-14)19(23)24-2/h3-12H,13H2,1-2H3/b12-7+. The largest absolute Gasteiger partial charge is 0.465 e. The lowest BCUT2D eigenvalue weighted by Crippen LogP contribution is -2.24. The van der Waals surface area contributed by atoms with E-state index in [-0.39, 0.29) is 11.7 Å². The van der Waals surface area contributed by atoms with Crippen molar-refractivity contribution in [3.05, 3.63) is 77.1 Å². The molecule has 0 aliphatic heterocycles. The highest BCUT2D eigenvalue weighted by Crippen LogP contribution is 2.09. The van der Waals surface area contributed by atoms with Crippen molar-refractivity contribution in [2.45, 2.75) is 6.54 Å². The van der Waals surface area contributed by atoms with Crippen LogP contribution in [0.2, 0.25) is 0 Å². The number of ether oxygens (including phenoxy) is 1. The molecule has 4 nitrogen and oxygen atoms in total. The number of methoxy groups -OCH3 is 1. The van der Waals surface area contributed by atoms with Crippen LogP contribution < -0.4 is 0 Å². The van der Waals surface area contributed by atoms with Crippen LogP contribution in [0.15, 0.2) is 54.6 Å². The van der Waals surface area contributed by atoms with Crippen molar-refractivity contribution in [1.29, 1.82) is 0 Å². The third kappa shape index (κ3) is 4.78. The van der Waals surface area contributed by atoms with Crippen LogP contribution in [0.5, 0.6) is 0 Å². The van der Waals surface area contributed by atoms with Crippen LogP contribution in [-0.2, 0) is 16.1 Å². The Bertz CT molecular complexity index is 736. The zero-order valence-corrected chi connectivity index (χ0v) is 13.5. The first kappa shape index (κ1) is 17.4. The average Bonchev–Trinajstić information content (AvgIpc) is 2.61. The van der Waals surface area contributed by atoms with Gasteiger partial charge in [0.05, 0.1) is 12.7 Å². The van der Waals surface area contributed by atoms with Crippen LogP contribution >= 0.6 is 0 Å². The molecule has 1 amide bonds. The molecule has 0 aliphatic rings. The van der Waals surface area contributed by atoms with E-state index in [0.717, 1.165) is 11.1 Å². The van der Waals surface area contributed by atoms with E-state index in [9.17, 15) is 14.0 Å². The van der Waals surface area contributed by atoms with Gasteiger partial charge in [-0.1, -0.05) is 24.3 Å². The Kier molecular flexibility index (Phi) is 5.84. The minimum absolute atomic E-state index is 0.170. The minimum Gasteiger partial charge on any atom is -0.465 e. The fourth-order valence-electron chi connectivity index (χ4n) is 2.08. The smallest absolute Gasteiger partial charge is 0.337 e. The molecule has 2 aromatic rings. The number of benzene rings is 2. The third-order valence-corrected chi connectivity index (χ3v) is 3.46. The maximum Gasteiger partial charge on any atom is 0.337 e. The molecule has 5 heteroatoms. The van der Waals surface area contributed by atoms with Crippen molar-refractivity contribution in [3.8, 4) is 0 Å². The first-order valence-corrected chi connectivity index (χ1v) is 7.35. The van der Waals surface area contributed by atoms with E-state index >= 15 is 0 Å². The summed E-state index contributed by atoms with van der Waals surface area (Å²) in [5.74, 6) is -0.875. The molecule has 0 bridgehead atoms. The van der Waals surface area contributed by atoms with Gasteiger partial charge in [-0.25, -0.2) is 9.18 Å². The van der Waals surface area contributed by atoms with Crippen molar-refractivity contribution in [3.63, 3.8) is 0 Å². The molecule has 0 aromatic heterocycles. The predicted molar refractivity (Wildman–Crippen MR) is 89.7 cm³/mol. The van der Waals surface area contributed by atoms with Gasteiger partial charge in [0.1, 0.15) is 5.82 Å². The van der Waals surface area contributed by atoms with Crippen molar-refractivity contribution in [1.82, 2.24) is 4.90 Å². The molecule has 24 heavy (non-hydrogen) atoms. The van der Waals surface area contributed by atoms with Crippen LogP contribution in [0, 0.1) is 5.82 Å². The highest BCUT2D eigenvalue weighted by atomic mass is 19.1. The van der Waals surface area contributed by atoms with E-state index in [1.165, 1.54) is 30.2 Å². The molecule has 0 atom stereocenters. The molecule has 0 radical (unpaired) electrons. The fraction of sp³-hybridized carbons (Fsp3) is 0.158. The Hall–Kier alpha value is -2.95. The van der Waals surface area contributed by atoms with Crippen molar-refractivity contribution >= 4 is 18.0 Å². The number of esters is 1. The molecular formula is C19H18FNO3. The first-order chi connectivity index (χ1) is 11.5. The lowest BCUT2D eigenvalue weighted by atomic mass is 10.1. The van der Waals surface area contributed by atoms with Gasteiger partial charge in [0.2, 0.25) is 5.91 Å². The summed E-state index contributed by atoms with van der Waals surface area (Å²) >= 11 is 0. The average molecular weight is 327 g/mol. The summed E-state index contributed by atoms with van der Waals surface area (Å²) in [6, 6.07) is 12.8. The van der Waals surface area contributed by atoms with E-state index in [1.807, 2.05) is 0 Å². The Morgan fingerprint density at radius 2 is 1.71 bits per heavy atom. The fourth-order valence-corrected chi connectivity index (χ4v) is 2.08. The first-order valence-electron chi connectivity index (χ1n) is 7.35. The molecule has 124 valence electrons. The van der Waals surface area contributed by atoms with E-state index in [0.29, 0.717) is 12.1 Å². The second-order valence-corrected chi connectivity index (χ2v) is 5.27. The van der Waals surface area contributed by atoms with Gasteiger partial charge in [-0.3, -0.25) is 4.79 Å². The molecule has 0 aliphatic carbocycles. The van der Waals surface area contributed by atoms with Gasteiger partial charge in [0.25, 0.3) is 0 Å². The molecule has 0 unspecified atom stereocenters. The van der Waals surface area contributed by atoms with Gasteiger partial charge < -0.3 is 9.64 Å². The van der Waals surface area contributed by atoms with Gasteiger partial charge in [0.15, 0.2) is 0 Å². The van der Waals surface area contributed by atoms with Gasteiger partial charge in [0, 0.05) is 19.7 Å². The Balaban J connectivity index is 1.96. The summed E-state index contributed by atoms with van der Waals surface area (Å²) in [6.45, 7) is 0.394. The predicted octanol–water partition coefficient (Wildman–Crippen LogP) is 3.28. The molecule has 0 spiro atoms. The quantitative estimate of drug-likeness (QED) is 0.625. The van der Waals surface area contributed by atoms with Crippen LogP contribution in [0.4, 0.5) is 4.39 Å². The molecule has 0 heterocycles. The maximum atomic E-state index is 12.9. The number of rotatable bonds is 5. The molecular weight excluding hydrogens is 309 g/mol. The van der Waals surface area contributed by atoms with Crippen molar-refractivity contribution < 1.29 is 18.7 Å². The van der Waals surface area contributed by atoms with E-state index < -0.39 is 5.97 Å². The maximum absolute atomic E-state index is 12.9. The summed E-state index contributed by atoms with van der Waals surface area (Å²) < 4.78 is 17.5. The molecule has 0 saturated carbocycles. The molecule has 0 saturated heterocycles. The molecule has 2 rings (SSSR count). The lowest BCUT2D eigenvalue weighted by Gasteiger charge is -2.15. The van der Waals surface area contributed by atoms with Crippen LogP contribution in [0.3, 0.4) is 0 Å². The van der Waals surface area contributed by atoms with E-state index in [2.05, 4.69) is 4.74 Å². The Morgan fingerprint density at radius 1 is 1.08 bits per heavy atom. The number of carbonyl (C=O) groups excluding carboxylic acids is 2. The topological polar surface area (TPSA) is 46.6 Å². The summed E-state index contributed by atoms with van der Waals surface area (Å²) in [4.78, 5) is 25.0. The Labute approximate surface area is 140 Å². The second kappa shape index (κ2) is 8.06. The van der Waals surface area contributed by atoms with Crippen LogP contribution in [0.1, 0.15) is 21.5 Å². The minimum atomic E-state index is -0.402. The number of likely N-dealkylation sites (N-methyl/N-ethyl adjacent to an activating group) is 1. The zero-order valence-electron chi connectivity index (χ0n) is 13.5. The number of nitrogens with zero attached hydrogens (tertiary/aromatic N) is 1. The second-order valence-electron chi connectivity index (χ2n) is 5.27. The lowest BCUT2D eigenvalue weighted by molar-refractivity contribution is -0.125. The highest BCUT2D eigenvalue weighted by Gasteiger charge is 2.07. The number of hydrogen-bond acceptors (Lipinski definition) is 3. The third-order valence-electron chi connectivity index (χ3n) is 3.46. The Morgan fingerprint density at radius 3 is 2.29 bits per heavy atom. The van der Waals surface area contributed by atoms with E-state index in [4.69, 9.17) is 0 Å². The number of carbonyl (C=O) groups is 2. The summed E-state index contributed by atoms with van der Waals surface area (Å²) in [5, 5.41) is 0. The van der Waals surface area contributed by atoms with Gasteiger partial charge in [-0.15, -0.1) is 0 Å². The van der Waals surface area contributed by atoms with Crippen LogP contribution in [-0.4, -0.2) is 30.9 Å². The summed E-state index contributed by atoms with van der Waals surface area (Å²) in [5.41, 5.74) is 2.10. The van der Waals surface area contributed by atoms with Crippen molar-refractivity contribution in [2.75, 3.05) is 14.2 Å². The molecule has 0 N–H and O–H groups in total.